The van der Waals surface area contributed by atoms with Crippen molar-refractivity contribution in [3.8, 4) is 23.0 Å². The average Bonchev–Trinajstić information content (AvgIpc) is 3.14. The molecule has 2 unspecified atom stereocenters. The van der Waals surface area contributed by atoms with E-state index in [0.29, 0.717) is 54.2 Å². The number of carboxylic acids is 1. The van der Waals surface area contributed by atoms with Crippen molar-refractivity contribution in [2.24, 2.45) is 0 Å². The summed E-state index contributed by atoms with van der Waals surface area (Å²) in [6, 6.07) is 19.6. The van der Waals surface area contributed by atoms with Crippen molar-refractivity contribution in [2.45, 2.75) is 45.3 Å². The number of rotatable bonds is 21. The number of aliphatic hydroxyl groups is 1. The van der Waals surface area contributed by atoms with E-state index in [1.165, 1.54) is 18.2 Å². The Hall–Kier alpha value is -5.64. The second-order valence-corrected chi connectivity index (χ2v) is 13.1. The van der Waals surface area contributed by atoms with Gasteiger partial charge in [-0.1, -0.05) is 12.1 Å². The van der Waals surface area contributed by atoms with E-state index >= 15 is 0 Å². The maximum absolute atomic E-state index is 13.3. The van der Waals surface area contributed by atoms with Crippen LogP contribution in [0.25, 0.3) is 0 Å². The number of carbonyl (C=O) groups excluding carboxylic acids is 1. The largest absolute Gasteiger partial charge is 0.492 e. The molecule has 54 heavy (non-hydrogen) atoms. The van der Waals surface area contributed by atoms with Gasteiger partial charge < -0.3 is 49.3 Å². The van der Waals surface area contributed by atoms with Gasteiger partial charge in [0.25, 0.3) is 5.69 Å². The van der Waals surface area contributed by atoms with E-state index in [9.17, 15) is 29.9 Å². The first-order valence-electron chi connectivity index (χ1n) is 17.2. The number of ether oxygens (including phenoxy) is 6. The number of carbonyl (C=O) groups is 2. The molecule has 290 valence electrons. The smallest absolute Gasteiger partial charge is 0.336 e. The minimum atomic E-state index is -1.27. The SMILES string of the molecule is COCCOc1ccc(OCC(O)CNC(C)(C)COc2ccc(OCCOC(=O)C3=C(C)NC(C)=C(C(=O)O)C3c3cccc([N+](=O)[O-])c3)cc2)cc1. The fourth-order valence-corrected chi connectivity index (χ4v) is 5.54. The Morgan fingerprint density at radius 1 is 0.852 bits per heavy atom. The number of nitrogens with zero attached hydrogens (tertiary/aromatic N) is 1. The predicted molar refractivity (Wildman–Crippen MR) is 198 cm³/mol. The lowest BCUT2D eigenvalue weighted by atomic mass is 9.80. The quantitative estimate of drug-likeness (QED) is 0.0504. The molecule has 0 saturated carbocycles. The number of aliphatic hydroxyl groups excluding tert-OH is 1. The van der Waals surface area contributed by atoms with E-state index < -0.39 is 34.4 Å². The third kappa shape index (κ3) is 11.9. The highest BCUT2D eigenvalue weighted by Gasteiger charge is 2.38. The van der Waals surface area contributed by atoms with E-state index in [1.54, 1.807) is 75.6 Å². The Labute approximate surface area is 313 Å². The van der Waals surface area contributed by atoms with Crippen LogP contribution in [-0.4, -0.2) is 92.0 Å². The lowest BCUT2D eigenvalue weighted by Crippen LogP contribution is -2.48. The van der Waals surface area contributed by atoms with Gasteiger partial charge in [-0.2, -0.15) is 0 Å². The second kappa shape index (κ2) is 19.4. The fourth-order valence-electron chi connectivity index (χ4n) is 5.54. The van der Waals surface area contributed by atoms with Gasteiger partial charge >= 0.3 is 11.9 Å². The molecule has 4 N–H and O–H groups in total. The van der Waals surface area contributed by atoms with Crippen LogP contribution in [-0.2, 0) is 19.1 Å². The topological polar surface area (TPSA) is 197 Å². The van der Waals surface area contributed by atoms with E-state index in [-0.39, 0.29) is 48.8 Å². The number of esters is 1. The number of methoxy groups -OCH3 is 1. The maximum atomic E-state index is 13.3. The van der Waals surface area contributed by atoms with Gasteiger partial charge in [-0.15, -0.1) is 0 Å². The number of carboxylic acid groups (broad SMARTS) is 1. The summed E-state index contributed by atoms with van der Waals surface area (Å²) < 4.78 is 33.4. The number of benzene rings is 3. The number of hydrogen-bond donors (Lipinski definition) is 4. The first-order valence-corrected chi connectivity index (χ1v) is 17.2. The van der Waals surface area contributed by atoms with Gasteiger partial charge in [0, 0.05) is 42.7 Å². The number of nitrogens with one attached hydrogen (secondary N) is 2. The van der Waals surface area contributed by atoms with Crippen LogP contribution in [0.3, 0.4) is 0 Å². The van der Waals surface area contributed by atoms with Crippen LogP contribution in [0.5, 0.6) is 23.0 Å². The summed E-state index contributed by atoms with van der Waals surface area (Å²) in [7, 11) is 1.61. The van der Waals surface area contributed by atoms with Crippen molar-refractivity contribution < 1.29 is 53.1 Å². The highest BCUT2D eigenvalue weighted by atomic mass is 16.6. The minimum absolute atomic E-state index is 0.00539. The van der Waals surface area contributed by atoms with Crippen LogP contribution in [0.15, 0.2) is 95.3 Å². The number of allylic oxidation sites excluding steroid dienone is 2. The normalized spacial score (nSPS) is 14.9. The summed E-state index contributed by atoms with van der Waals surface area (Å²) in [5.74, 6) is -0.718. The van der Waals surface area contributed by atoms with Crippen molar-refractivity contribution in [3.05, 3.63) is 111 Å². The fraction of sp³-hybridized carbons (Fsp3) is 0.385. The van der Waals surface area contributed by atoms with Crippen LogP contribution < -0.4 is 29.6 Å². The number of nitro groups is 1. The molecule has 0 aromatic heterocycles. The van der Waals surface area contributed by atoms with Crippen molar-refractivity contribution in [1.29, 1.82) is 0 Å². The molecule has 15 heteroatoms. The molecule has 1 heterocycles. The van der Waals surface area contributed by atoms with Crippen molar-refractivity contribution in [3.63, 3.8) is 0 Å². The number of aliphatic carboxylic acids is 1. The molecule has 0 spiro atoms. The average molecular weight is 750 g/mol. The molecule has 0 fully saturated rings. The van der Waals surface area contributed by atoms with Crippen LogP contribution in [0.2, 0.25) is 0 Å². The van der Waals surface area contributed by atoms with Gasteiger partial charge in [-0.25, -0.2) is 9.59 Å². The van der Waals surface area contributed by atoms with E-state index in [2.05, 4.69) is 10.6 Å². The lowest BCUT2D eigenvalue weighted by molar-refractivity contribution is -0.384. The van der Waals surface area contributed by atoms with Gasteiger partial charge in [0.05, 0.1) is 28.6 Å². The number of nitro benzene ring substituents is 1. The number of non-ortho nitro benzene ring substituents is 1. The van der Waals surface area contributed by atoms with Crippen molar-refractivity contribution in [1.82, 2.24) is 10.6 Å². The van der Waals surface area contributed by atoms with Crippen LogP contribution in [0, 0.1) is 10.1 Å². The highest BCUT2D eigenvalue weighted by Crippen LogP contribution is 2.39. The summed E-state index contributed by atoms with van der Waals surface area (Å²) >= 11 is 0. The zero-order valence-corrected chi connectivity index (χ0v) is 31.0. The predicted octanol–water partition coefficient (Wildman–Crippen LogP) is 4.75. The van der Waals surface area contributed by atoms with Gasteiger partial charge in [-0.05, 0) is 81.8 Å². The third-order valence-electron chi connectivity index (χ3n) is 8.27. The Balaban J connectivity index is 1.21. The Bertz CT molecular complexity index is 1810. The molecular formula is C39H47N3O12. The first-order chi connectivity index (χ1) is 25.8. The zero-order valence-electron chi connectivity index (χ0n) is 31.0. The van der Waals surface area contributed by atoms with Gasteiger partial charge in [0.1, 0.15) is 62.1 Å². The van der Waals surface area contributed by atoms with Crippen LogP contribution in [0.4, 0.5) is 5.69 Å². The molecule has 0 bridgehead atoms. The van der Waals surface area contributed by atoms with E-state index in [4.69, 9.17) is 28.4 Å². The van der Waals surface area contributed by atoms with Crippen LogP contribution >= 0.6 is 0 Å². The summed E-state index contributed by atoms with van der Waals surface area (Å²) in [4.78, 5) is 36.5. The molecule has 3 aromatic carbocycles. The Morgan fingerprint density at radius 2 is 1.41 bits per heavy atom. The summed E-state index contributed by atoms with van der Waals surface area (Å²) in [5, 5.41) is 38.1. The second-order valence-electron chi connectivity index (χ2n) is 13.1. The number of β-amino-alcohol motifs (C(OH)–C–C–N with tert-alkyl or cyclic N) is 1. The molecule has 15 nitrogen and oxygen atoms in total. The van der Waals surface area contributed by atoms with E-state index in [1.807, 2.05) is 13.8 Å². The summed E-state index contributed by atoms with van der Waals surface area (Å²) in [6.45, 7) is 8.59. The molecule has 1 aliphatic rings. The maximum Gasteiger partial charge on any atom is 0.336 e. The molecule has 0 radical (unpaired) electrons. The Kier molecular flexibility index (Phi) is 14.8. The van der Waals surface area contributed by atoms with Crippen molar-refractivity contribution >= 4 is 17.6 Å². The lowest BCUT2D eigenvalue weighted by Gasteiger charge is -2.29. The Morgan fingerprint density at radius 3 is 1.98 bits per heavy atom. The van der Waals surface area contributed by atoms with Crippen molar-refractivity contribution in [2.75, 3.05) is 53.3 Å². The van der Waals surface area contributed by atoms with Gasteiger partial charge in [0.15, 0.2) is 0 Å². The zero-order chi connectivity index (χ0) is 39.3. The molecule has 0 aliphatic carbocycles. The highest BCUT2D eigenvalue weighted by molar-refractivity contribution is 5.99. The number of hydrogen-bond acceptors (Lipinski definition) is 13. The molecule has 2 atom stereocenters. The minimum Gasteiger partial charge on any atom is -0.492 e. The summed E-state index contributed by atoms with van der Waals surface area (Å²) in [5.41, 5.74) is 0.178. The molecule has 1 aliphatic heterocycles. The molecule has 4 rings (SSSR count). The molecular weight excluding hydrogens is 702 g/mol. The standard InChI is InChI=1S/C39H47N3O12/c1-25-34(37(44)45)36(27-7-6-8-28(21-27)42(47)48)35(26(2)41-25)38(46)52-20-19-51-31-11-15-33(16-12-31)54-24-39(3,4)40-22-29(43)23-53-32-13-9-30(10-14-32)50-18-17-49-5/h6-16,21,29,36,40-41,43H,17-20,22-24H2,1-5H3,(H,44,45). The van der Waals surface area contributed by atoms with Crippen LogP contribution in [0.1, 0.15) is 39.2 Å². The molecule has 3 aromatic rings. The van der Waals surface area contributed by atoms with E-state index in [0.717, 1.165) is 0 Å². The third-order valence-corrected chi connectivity index (χ3v) is 8.27. The van der Waals surface area contributed by atoms with Gasteiger partial charge in [-0.3, -0.25) is 10.1 Å². The molecule has 0 amide bonds. The number of dihydropyridines is 1. The van der Waals surface area contributed by atoms with Gasteiger partial charge in [0.2, 0.25) is 0 Å². The molecule has 0 saturated heterocycles. The first kappa shape index (κ1) is 41.1. The monoisotopic (exact) mass is 749 g/mol. The summed E-state index contributed by atoms with van der Waals surface area (Å²) in [6.07, 6.45) is -0.754.